The number of carbonyl (C=O) groups excluding carboxylic acids is 2. The molecular formula is C21H31N3O2. The first kappa shape index (κ1) is 18.9. The molecule has 0 spiro atoms. The highest BCUT2D eigenvalue weighted by Crippen LogP contribution is 2.24. The maximum Gasteiger partial charge on any atom is 0.254 e. The lowest BCUT2D eigenvalue weighted by Gasteiger charge is -2.35. The molecule has 0 radical (unpaired) electrons. The van der Waals surface area contributed by atoms with Crippen LogP contribution in [0.2, 0.25) is 0 Å². The predicted octanol–water partition coefficient (Wildman–Crippen LogP) is 2.59. The van der Waals surface area contributed by atoms with Crippen molar-refractivity contribution in [2.75, 3.05) is 32.7 Å². The van der Waals surface area contributed by atoms with Crippen LogP contribution in [0.25, 0.3) is 0 Å². The van der Waals surface area contributed by atoms with Crippen molar-refractivity contribution in [3.05, 3.63) is 35.4 Å². The van der Waals surface area contributed by atoms with E-state index < -0.39 is 0 Å². The number of hydrogen-bond acceptors (Lipinski definition) is 3. The molecule has 1 saturated heterocycles. The Hall–Kier alpha value is -1.88. The number of piperazine rings is 1. The number of benzene rings is 1. The van der Waals surface area contributed by atoms with Crippen LogP contribution < -0.4 is 5.32 Å². The number of nitrogens with zero attached hydrogens (tertiary/aromatic N) is 2. The van der Waals surface area contributed by atoms with Crippen molar-refractivity contribution in [1.29, 1.82) is 0 Å². The minimum absolute atomic E-state index is 0.0741. The van der Waals surface area contributed by atoms with E-state index in [0.717, 1.165) is 50.1 Å². The summed E-state index contributed by atoms with van der Waals surface area (Å²) in [5, 5.41) is 3.27. The van der Waals surface area contributed by atoms with Gasteiger partial charge in [0.25, 0.3) is 5.91 Å². The van der Waals surface area contributed by atoms with Crippen LogP contribution in [0, 0.1) is 6.92 Å². The van der Waals surface area contributed by atoms with Crippen LogP contribution in [0.4, 0.5) is 0 Å². The van der Waals surface area contributed by atoms with E-state index >= 15 is 0 Å². The topological polar surface area (TPSA) is 52.7 Å². The number of amides is 2. The van der Waals surface area contributed by atoms with Crippen LogP contribution in [-0.4, -0.2) is 60.4 Å². The number of rotatable bonds is 5. The molecular weight excluding hydrogens is 326 g/mol. The summed E-state index contributed by atoms with van der Waals surface area (Å²) in [7, 11) is 0. The molecule has 2 fully saturated rings. The van der Waals surface area contributed by atoms with Gasteiger partial charge in [-0.15, -0.1) is 0 Å². The monoisotopic (exact) mass is 357 g/mol. The van der Waals surface area contributed by atoms with E-state index in [4.69, 9.17) is 0 Å². The van der Waals surface area contributed by atoms with Crippen LogP contribution >= 0.6 is 0 Å². The Bertz CT molecular complexity index is 602. The van der Waals surface area contributed by atoms with Crippen molar-refractivity contribution < 1.29 is 9.59 Å². The average Bonchev–Trinajstić information content (AvgIpc) is 2.70. The van der Waals surface area contributed by atoms with Crippen LogP contribution in [0.5, 0.6) is 0 Å². The van der Waals surface area contributed by atoms with E-state index in [2.05, 4.69) is 5.32 Å². The standard InChI is InChI=1S/C21H31N3O2/c1-17-7-9-18(10-8-17)21(26)24(19-5-3-2-4-6-19)14-11-20(25)23-15-12-22-13-16-23/h7-10,19,22H,2-6,11-16H2,1H3. The molecule has 1 aliphatic heterocycles. The lowest BCUT2D eigenvalue weighted by Crippen LogP contribution is -2.48. The molecule has 0 bridgehead atoms. The van der Waals surface area contributed by atoms with Gasteiger partial charge in [0.05, 0.1) is 0 Å². The van der Waals surface area contributed by atoms with Gasteiger partial charge >= 0.3 is 0 Å². The zero-order chi connectivity index (χ0) is 18.4. The van der Waals surface area contributed by atoms with Gasteiger partial charge in [-0.05, 0) is 31.9 Å². The molecule has 1 saturated carbocycles. The molecule has 26 heavy (non-hydrogen) atoms. The molecule has 1 aromatic carbocycles. The zero-order valence-corrected chi connectivity index (χ0v) is 15.9. The number of aryl methyl sites for hydroxylation is 1. The van der Waals surface area contributed by atoms with Gasteiger partial charge in [-0.1, -0.05) is 37.0 Å². The Kier molecular flexibility index (Phi) is 6.67. The van der Waals surface area contributed by atoms with Crippen molar-refractivity contribution >= 4 is 11.8 Å². The van der Waals surface area contributed by atoms with Crippen LogP contribution in [0.3, 0.4) is 0 Å². The van der Waals surface area contributed by atoms with Crippen LogP contribution in [0.1, 0.15) is 54.4 Å². The van der Waals surface area contributed by atoms with Crippen molar-refractivity contribution in [2.45, 2.75) is 51.5 Å². The highest BCUT2D eigenvalue weighted by molar-refractivity contribution is 5.94. The number of carbonyl (C=O) groups is 2. The molecule has 1 aliphatic carbocycles. The van der Waals surface area contributed by atoms with E-state index in [1.807, 2.05) is 41.0 Å². The summed E-state index contributed by atoms with van der Waals surface area (Å²) in [6, 6.07) is 8.06. The lowest BCUT2D eigenvalue weighted by atomic mass is 9.93. The summed E-state index contributed by atoms with van der Waals surface area (Å²) < 4.78 is 0. The van der Waals surface area contributed by atoms with E-state index in [-0.39, 0.29) is 17.9 Å². The Morgan fingerprint density at radius 3 is 2.38 bits per heavy atom. The Morgan fingerprint density at radius 2 is 1.73 bits per heavy atom. The fraction of sp³-hybridized carbons (Fsp3) is 0.619. The molecule has 1 aromatic rings. The Balaban J connectivity index is 1.67. The van der Waals surface area contributed by atoms with Gasteiger partial charge in [-0.2, -0.15) is 0 Å². The van der Waals surface area contributed by atoms with Crippen LogP contribution in [0.15, 0.2) is 24.3 Å². The molecule has 0 atom stereocenters. The third-order valence-corrected chi connectivity index (χ3v) is 5.61. The molecule has 1 heterocycles. The number of nitrogens with one attached hydrogen (secondary N) is 1. The molecule has 142 valence electrons. The molecule has 3 rings (SSSR count). The normalized spacial score (nSPS) is 18.6. The highest BCUT2D eigenvalue weighted by atomic mass is 16.2. The average molecular weight is 357 g/mol. The van der Waals surface area contributed by atoms with Gasteiger partial charge in [0.1, 0.15) is 0 Å². The maximum atomic E-state index is 13.1. The second-order valence-electron chi connectivity index (χ2n) is 7.54. The van der Waals surface area contributed by atoms with E-state index in [1.165, 1.54) is 19.3 Å². The van der Waals surface area contributed by atoms with Crippen molar-refractivity contribution in [3.8, 4) is 0 Å². The molecule has 2 amide bonds. The van der Waals surface area contributed by atoms with Crippen LogP contribution in [-0.2, 0) is 4.79 Å². The van der Waals surface area contributed by atoms with E-state index in [9.17, 15) is 9.59 Å². The SMILES string of the molecule is Cc1ccc(C(=O)N(CCC(=O)N2CCNCC2)C2CCCCC2)cc1. The van der Waals surface area contributed by atoms with E-state index in [0.29, 0.717) is 13.0 Å². The highest BCUT2D eigenvalue weighted by Gasteiger charge is 2.27. The lowest BCUT2D eigenvalue weighted by molar-refractivity contribution is -0.132. The molecule has 5 nitrogen and oxygen atoms in total. The van der Waals surface area contributed by atoms with E-state index in [1.54, 1.807) is 0 Å². The minimum atomic E-state index is 0.0741. The zero-order valence-electron chi connectivity index (χ0n) is 15.9. The fourth-order valence-electron chi connectivity index (χ4n) is 3.99. The van der Waals surface area contributed by atoms with Crippen molar-refractivity contribution in [2.24, 2.45) is 0 Å². The van der Waals surface area contributed by atoms with Gasteiger partial charge in [-0.3, -0.25) is 9.59 Å². The van der Waals surface area contributed by atoms with Gasteiger partial charge < -0.3 is 15.1 Å². The second kappa shape index (κ2) is 9.17. The quantitative estimate of drug-likeness (QED) is 0.881. The third kappa shape index (κ3) is 4.85. The van der Waals surface area contributed by atoms with Gasteiger partial charge in [0.15, 0.2) is 0 Å². The fourth-order valence-corrected chi connectivity index (χ4v) is 3.99. The van der Waals surface area contributed by atoms with Crippen molar-refractivity contribution in [3.63, 3.8) is 0 Å². The summed E-state index contributed by atoms with van der Waals surface area (Å²) in [6.07, 6.45) is 6.14. The smallest absolute Gasteiger partial charge is 0.254 e. The van der Waals surface area contributed by atoms with Gasteiger partial charge in [0, 0.05) is 50.7 Å². The Labute approximate surface area is 156 Å². The first-order valence-corrected chi connectivity index (χ1v) is 10.0. The summed E-state index contributed by atoms with van der Waals surface area (Å²) in [5.41, 5.74) is 1.88. The molecule has 1 N–H and O–H groups in total. The minimum Gasteiger partial charge on any atom is -0.340 e. The first-order valence-electron chi connectivity index (χ1n) is 10.0. The van der Waals surface area contributed by atoms with Gasteiger partial charge in [0.2, 0.25) is 5.91 Å². The number of hydrogen-bond donors (Lipinski definition) is 1. The summed E-state index contributed by atoms with van der Waals surface area (Å²) in [5.74, 6) is 0.244. The molecule has 0 unspecified atom stereocenters. The molecule has 5 heteroatoms. The summed E-state index contributed by atoms with van der Waals surface area (Å²) >= 11 is 0. The molecule has 0 aromatic heterocycles. The predicted molar refractivity (Wildman–Crippen MR) is 103 cm³/mol. The van der Waals surface area contributed by atoms with Gasteiger partial charge in [-0.25, -0.2) is 0 Å². The first-order chi connectivity index (χ1) is 12.6. The molecule has 2 aliphatic rings. The summed E-state index contributed by atoms with van der Waals surface area (Å²) in [6.45, 7) is 5.82. The maximum absolute atomic E-state index is 13.1. The second-order valence-corrected chi connectivity index (χ2v) is 7.54. The largest absolute Gasteiger partial charge is 0.340 e. The van der Waals surface area contributed by atoms with Crippen molar-refractivity contribution in [1.82, 2.24) is 15.1 Å². The Morgan fingerprint density at radius 1 is 1.08 bits per heavy atom. The third-order valence-electron chi connectivity index (χ3n) is 5.61. The summed E-state index contributed by atoms with van der Waals surface area (Å²) in [4.78, 5) is 29.6.